The van der Waals surface area contributed by atoms with Crippen molar-refractivity contribution in [1.82, 2.24) is 19.6 Å². The molecule has 128 valence electrons. The highest BCUT2D eigenvalue weighted by Gasteiger charge is 2.19. The first kappa shape index (κ1) is 16.0. The number of pyridine rings is 1. The van der Waals surface area contributed by atoms with E-state index in [4.69, 9.17) is 0 Å². The number of hydrogen-bond acceptors (Lipinski definition) is 5. The lowest BCUT2D eigenvalue weighted by molar-refractivity contribution is 0.0954. The molecule has 0 atom stereocenters. The molecule has 3 aromatic heterocycles. The number of fused-ring (bicyclic) bond motifs is 2. The number of likely N-dealkylation sites (N-methyl/N-ethyl adjacent to an activating group) is 1. The van der Waals surface area contributed by atoms with E-state index in [1.54, 1.807) is 29.7 Å². The van der Waals surface area contributed by atoms with Gasteiger partial charge in [-0.1, -0.05) is 6.07 Å². The van der Waals surface area contributed by atoms with Crippen molar-refractivity contribution in [2.75, 3.05) is 13.6 Å². The molecule has 0 radical (unpaired) electrons. The Balaban J connectivity index is 1.50. The van der Waals surface area contributed by atoms with E-state index in [9.17, 15) is 9.59 Å². The van der Waals surface area contributed by atoms with E-state index >= 15 is 0 Å². The zero-order valence-corrected chi connectivity index (χ0v) is 14.7. The van der Waals surface area contributed by atoms with Crippen LogP contribution < -0.4 is 10.9 Å². The summed E-state index contributed by atoms with van der Waals surface area (Å²) in [5, 5.41) is 2.87. The normalized spacial score (nSPS) is 14.4. The first-order valence-electron chi connectivity index (χ1n) is 8.16. The molecule has 3 aromatic rings. The minimum Gasteiger partial charge on any atom is -0.346 e. The van der Waals surface area contributed by atoms with E-state index in [0.717, 1.165) is 24.4 Å². The van der Waals surface area contributed by atoms with Crippen LogP contribution in [0, 0.1) is 0 Å². The monoisotopic (exact) mass is 354 g/mol. The van der Waals surface area contributed by atoms with Crippen molar-refractivity contribution in [3.8, 4) is 0 Å². The van der Waals surface area contributed by atoms with Crippen molar-refractivity contribution < 1.29 is 4.79 Å². The van der Waals surface area contributed by atoms with Crippen LogP contribution in [0.2, 0.25) is 0 Å². The minimum absolute atomic E-state index is 0.114. The van der Waals surface area contributed by atoms with Crippen LogP contribution in [0.15, 0.2) is 41.3 Å². The van der Waals surface area contributed by atoms with Crippen molar-refractivity contribution >= 4 is 22.9 Å². The second-order valence-corrected chi connectivity index (χ2v) is 7.38. The lowest BCUT2D eigenvalue weighted by atomic mass is 10.1. The Morgan fingerprint density at radius 3 is 3.12 bits per heavy atom. The molecule has 7 heteroatoms. The molecule has 4 rings (SSSR count). The lowest BCUT2D eigenvalue weighted by Gasteiger charge is -2.21. The summed E-state index contributed by atoms with van der Waals surface area (Å²) in [5.41, 5.74) is 2.26. The average molecular weight is 354 g/mol. The summed E-state index contributed by atoms with van der Waals surface area (Å²) < 4.78 is 1.48. The van der Waals surface area contributed by atoms with Gasteiger partial charge in [0.1, 0.15) is 5.65 Å². The summed E-state index contributed by atoms with van der Waals surface area (Å²) in [5.74, 6) is -0.114. The topological polar surface area (TPSA) is 66.7 Å². The number of nitrogens with one attached hydrogen (secondary N) is 1. The van der Waals surface area contributed by atoms with E-state index < -0.39 is 0 Å². The average Bonchev–Trinajstić information content (AvgIpc) is 3.03. The molecule has 0 bridgehead atoms. The molecule has 1 N–H and O–H groups in total. The predicted octanol–water partition coefficient (Wildman–Crippen LogP) is 1.67. The minimum atomic E-state index is -0.149. The van der Waals surface area contributed by atoms with Gasteiger partial charge in [-0.2, -0.15) is 0 Å². The Labute approximate surface area is 148 Å². The first-order chi connectivity index (χ1) is 12.1. The molecule has 25 heavy (non-hydrogen) atoms. The van der Waals surface area contributed by atoms with Gasteiger partial charge in [0.2, 0.25) is 0 Å². The summed E-state index contributed by atoms with van der Waals surface area (Å²) in [4.78, 5) is 33.2. The molecule has 4 heterocycles. The second-order valence-electron chi connectivity index (χ2n) is 6.24. The molecule has 0 saturated carbocycles. The van der Waals surface area contributed by atoms with Gasteiger partial charge in [-0.25, -0.2) is 4.98 Å². The zero-order valence-electron chi connectivity index (χ0n) is 13.9. The van der Waals surface area contributed by atoms with Gasteiger partial charge in [0.05, 0.1) is 17.1 Å². The van der Waals surface area contributed by atoms with Gasteiger partial charge in [-0.15, -0.1) is 11.3 Å². The molecule has 0 aliphatic carbocycles. The fourth-order valence-electron chi connectivity index (χ4n) is 3.01. The van der Waals surface area contributed by atoms with Gasteiger partial charge in [0, 0.05) is 30.2 Å². The summed E-state index contributed by atoms with van der Waals surface area (Å²) in [6, 6.07) is 8.84. The van der Waals surface area contributed by atoms with Gasteiger partial charge in [0.25, 0.3) is 11.5 Å². The molecule has 0 fully saturated rings. The van der Waals surface area contributed by atoms with E-state index in [2.05, 4.69) is 22.2 Å². The molecule has 0 spiro atoms. The molecular weight excluding hydrogens is 336 g/mol. The molecule has 1 aliphatic heterocycles. The third-order valence-electron chi connectivity index (χ3n) is 4.35. The molecule has 0 aromatic carbocycles. The van der Waals surface area contributed by atoms with Gasteiger partial charge in [0.15, 0.2) is 0 Å². The fraction of sp³-hybridized carbons (Fsp3) is 0.278. The van der Waals surface area contributed by atoms with Crippen LogP contribution in [0.1, 0.15) is 25.8 Å². The Kier molecular flexibility index (Phi) is 4.10. The maximum atomic E-state index is 12.4. The van der Waals surface area contributed by atoms with E-state index in [0.29, 0.717) is 11.3 Å². The highest BCUT2D eigenvalue weighted by Crippen LogP contribution is 2.27. The summed E-state index contributed by atoms with van der Waals surface area (Å²) in [6.45, 7) is 2.16. The smallest absolute Gasteiger partial charge is 0.261 e. The van der Waals surface area contributed by atoms with E-state index in [1.807, 2.05) is 12.1 Å². The first-order valence-corrected chi connectivity index (χ1v) is 8.97. The number of hydrogen-bond donors (Lipinski definition) is 1. The van der Waals surface area contributed by atoms with Crippen molar-refractivity contribution in [3.63, 3.8) is 0 Å². The number of carbonyl (C=O) groups is 1. The summed E-state index contributed by atoms with van der Waals surface area (Å²) in [6.07, 6.45) is 2.67. The summed E-state index contributed by atoms with van der Waals surface area (Å²) >= 11 is 1.55. The SMILES string of the molecule is CN1CCc2cc(C(=O)NCc3cc(=O)n4ccccc4n3)sc2C1. The molecule has 0 unspecified atom stereocenters. The van der Waals surface area contributed by atoms with Crippen molar-refractivity contribution in [3.05, 3.63) is 67.9 Å². The van der Waals surface area contributed by atoms with Gasteiger partial charge in [-0.05, 0) is 37.2 Å². The third kappa shape index (κ3) is 3.20. The van der Waals surface area contributed by atoms with Crippen molar-refractivity contribution in [2.24, 2.45) is 0 Å². The van der Waals surface area contributed by atoms with Crippen molar-refractivity contribution in [1.29, 1.82) is 0 Å². The maximum absolute atomic E-state index is 12.4. The number of thiophene rings is 1. The van der Waals surface area contributed by atoms with E-state index in [-0.39, 0.29) is 18.0 Å². The standard InChI is InChI=1S/C18H18N4O2S/c1-21-7-5-12-8-14(25-15(12)11-21)18(24)19-10-13-9-17(23)22-6-3-2-4-16(22)20-13/h2-4,6,8-9H,5,7,10-11H2,1H3,(H,19,24). The van der Waals surface area contributed by atoms with Gasteiger partial charge < -0.3 is 10.2 Å². The maximum Gasteiger partial charge on any atom is 0.261 e. The largest absolute Gasteiger partial charge is 0.346 e. The molecule has 1 amide bonds. The quantitative estimate of drug-likeness (QED) is 0.777. The molecular formula is C18H18N4O2S. The summed E-state index contributed by atoms with van der Waals surface area (Å²) in [7, 11) is 2.09. The fourth-order valence-corrected chi connectivity index (χ4v) is 4.22. The van der Waals surface area contributed by atoms with Gasteiger partial charge in [-0.3, -0.25) is 14.0 Å². The van der Waals surface area contributed by atoms with Crippen LogP contribution in [0.4, 0.5) is 0 Å². The van der Waals surface area contributed by atoms with Crippen LogP contribution in [-0.2, 0) is 19.5 Å². The Morgan fingerprint density at radius 2 is 2.24 bits per heavy atom. The number of rotatable bonds is 3. The Bertz CT molecular complexity index is 1010. The van der Waals surface area contributed by atoms with Crippen molar-refractivity contribution in [2.45, 2.75) is 19.5 Å². The number of amides is 1. The molecule has 6 nitrogen and oxygen atoms in total. The third-order valence-corrected chi connectivity index (χ3v) is 5.51. The Hall–Kier alpha value is -2.51. The van der Waals surface area contributed by atoms with E-state index in [1.165, 1.54) is 20.9 Å². The van der Waals surface area contributed by atoms with Crippen LogP contribution in [-0.4, -0.2) is 33.8 Å². The number of nitrogens with zero attached hydrogens (tertiary/aromatic N) is 3. The van der Waals surface area contributed by atoms with Crippen LogP contribution in [0.25, 0.3) is 5.65 Å². The zero-order chi connectivity index (χ0) is 17.4. The number of aromatic nitrogens is 2. The highest BCUT2D eigenvalue weighted by atomic mass is 32.1. The van der Waals surface area contributed by atoms with Crippen LogP contribution in [0.5, 0.6) is 0 Å². The highest BCUT2D eigenvalue weighted by molar-refractivity contribution is 7.14. The second kappa shape index (κ2) is 6.42. The number of carbonyl (C=O) groups excluding carboxylic acids is 1. The predicted molar refractivity (Wildman–Crippen MR) is 97.0 cm³/mol. The van der Waals surface area contributed by atoms with Crippen LogP contribution in [0.3, 0.4) is 0 Å². The van der Waals surface area contributed by atoms with Crippen LogP contribution >= 0.6 is 11.3 Å². The Morgan fingerprint density at radius 1 is 1.36 bits per heavy atom. The molecule has 1 aliphatic rings. The molecule has 0 saturated heterocycles. The van der Waals surface area contributed by atoms with Gasteiger partial charge >= 0.3 is 0 Å². The lowest BCUT2D eigenvalue weighted by Crippen LogP contribution is -2.25.